The van der Waals surface area contributed by atoms with E-state index in [1.165, 1.54) is 12.8 Å². The van der Waals surface area contributed by atoms with Crippen LogP contribution in [0.15, 0.2) is 0 Å². The number of aliphatic hydroxyl groups excluding tert-OH is 1. The van der Waals surface area contributed by atoms with Crippen LogP contribution in [0.5, 0.6) is 0 Å². The van der Waals surface area contributed by atoms with Crippen molar-refractivity contribution in [2.24, 2.45) is 0 Å². The Morgan fingerprint density at radius 1 is 1.45 bits per heavy atom. The predicted octanol–water partition coefficient (Wildman–Crippen LogP) is 1.49. The lowest BCUT2D eigenvalue weighted by Crippen LogP contribution is -2.30. The Bertz CT molecular complexity index is 85.6. The maximum absolute atomic E-state index is 8.60. The van der Waals surface area contributed by atoms with Gasteiger partial charge in [0.05, 0.1) is 0 Å². The van der Waals surface area contributed by atoms with E-state index >= 15 is 0 Å². The van der Waals surface area contributed by atoms with Crippen LogP contribution < -0.4 is 0 Å². The van der Waals surface area contributed by atoms with Gasteiger partial charge in [-0.05, 0) is 26.8 Å². The molecule has 0 saturated carbocycles. The molecule has 0 aliphatic carbocycles. The van der Waals surface area contributed by atoms with E-state index in [1.54, 1.807) is 0 Å². The molecule has 68 valence electrons. The first kappa shape index (κ1) is 10.9. The van der Waals surface area contributed by atoms with Crippen molar-refractivity contribution in [2.45, 2.75) is 39.2 Å². The normalized spacial score (nSPS) is 13.9. The van der Waals surface area contributed by atoms with Crippen LogP contribution in [0, 0.1) is 0 Å². The molecule has 0 radical (unpaired) electrons. The highest BCUT2D eigenvalue weighted by Crippen LogP contribution is 2.03. The Kier molecular flexibility index (Phi) is 6.57. The van der Waals surface area contributed by atoms with Gasteiger partial charge in [0.2, 0.25) is 0 Å². The number of nitrogens with zero attached hydrogens (tertiary/aromatic N) is 1. The van der Waals surface area contributed by atoms with Gasteiger partial charge in [-0.3, -0.25) is 0 Å². The summed E-state index contributed by atoms with van der Waals surface area (Å²) in [6.45, 7) is 5.76. The average molecular weight is 159 g/mol. The first-order valence-corrected chi connectivity index (χ1v) is 4.53. The van der Waals surface area contributed by atoms with E-state index in [9.17, 15) is 0 Å². The molecule has 0 aromatic rings. The second-order valence-electron chi connectivity index (χ2n) is 3.20. The summed E-state index contributed by atoms with van der Waals surface area (Å²) in [6, 6.07) is 0.659. The van der Waals surface area contributed by atoms with Crippen molar-refractivity contribution in [3.8, 4) is 0 Å². The highest BCUT2D eigenvalue weighted by Gasteiger charge is 2.05. The SMILES string of the molecule is CCCC(C)N(C)CCCO. The van der Waals surface area contributed by atoms with Crippen molar-refractivity contribution in [1.29, 1.82) is 0 Å². The summed E-state index contributed by atoms with van der Waals surface area (Å²) >= 11 is 0. The smallest absolute Gasteiger partial charge is 0.0443 e. The van der Waals surface area contributed by atoms with E-state index in [1.807, 2.05) is 0 Å². The molecule has 0 aromatic carbocycles. The molecule has 0 heterocycles. The van der Waals surface area contributed by atoms with Gasteiger partial charge >= 0.3 is 0 Å². The molecular weight excluding hydrogens is 138 g/mol. The van der Waals surface area contributed by atoms with Crippen LogP contribution in [0.2, 0.25) is 0 Å². The molecule has 0 rings (SSSR count). The maximum atomic E-state index is 8.60. The molecule has 1 atom stereocenters. The Morgan fingerprint density at radius 2 is 2.09 bits per heavy atom. The first-order chi connectivity index (χ1) is 5.22. The van der Waals surface area contributed by atoms with Gasteiger partial charge in [0.1, 0.15) is 0 Å². The molecule has 0 aliphatic heterocycles. The van der Waals surface area contributed by atoms with Gasteiger partial charge < -0.3 is 10.0 Å². The molecule has 0 aromatic heterocycles. The number of aliphatic hydroxyl groups is 1. The second-order valence-corrected chi connectivity index (χ2v) is 3.20. The highest BCUT2D eigenvalue weighted by atomic mass is 16.3. The topological polar surface area (TPSA) is 23.5 Å². The van der Waals surface area contributed by atoms with Crippen LogP contribution in [0.4, 0.5) is 0 Å². The standard InChI is InChI=1S/C9H21NO/c1-4-6-9(2)10(3)7-5-8-11/h9,11H,4-8H2,1-3H3. The maximum Gasteiger partial charge on any atom is 0.0443 e. The van der Waals surface area contributed by atoms with Gasteiger partial charge in [0.25, 0.3) is 0 Å². The minimum absolute atomic E-state index is 0.309. The van der Waals surface area contributed by atoms with Gasteiger partial charge in [0.15, 0.2) is 0 Å². The molecule has 11 heavy (non-hydrogen) atoms. The molecule has 0 amide bonds. The average Bonchev–Trinajstić information content (AvgIpc) is 2.00. The quantitative estimate of drug-likeness (QED) is 0.634. The molecule has 0 saturated heterocycles. The zero-order valence-corrected chi connectivity index (χ0v) is 8.01. The fraction of sp³-hybridized carbons (Fsp3) is 1.00. The van der Waals surface area contributed by atoms with Crippen molar-refractivity contribution >= 4 is 0 Å². The molecule has 2 heteroatoms. The van der Waals surface area contributed by atoms with E-state index in [2.05, 4.69) is 25.8 Å². The Hall–Kier alpha value is -0.0800. The molecule has 1 N–H and O–H groups in total. The van der Waals surface area contributed by atoms with Gasteiger partial charge in [-0.1, -0.05) is 13.3 Å². The fourth-order valence-corrected chi connectivity index (χ4v) is 1.18. The van der Waals surface area contributed by atoms with E-state index in [0.717, 1.165) is 13.0 Å². The third-order valence-corrected chi connectivity index (χ3v) is 2.13. The fourth-order valence-electron chi connectivity index (χ4n) is 1.18. The summed E-state index contributed by atoms with van der Waals surface area (Å²) in [6.07, 6.45) is 3.39. The summed E-state index contributed by atoms with van der Waals surface area (Å²) in [5.41, 5.74) is 0. The van der Waals surface area contributed by atoms with Crippen molar-refractivity contribution in [3.63, 3.8) is 0 Å². The first-order valence-electron chi connectivity index (χ1n) is 4.53. The lowest BCUT2D eigenvalue weighted by atomic mass is 10.2. The van der Waals surface area contributed by atoms with E-state index in [0.29, 0.717) is 12.6 Å². The minimum atomic E-state index is 0.309. The third-order valence-electron chi connectivity index (χ3n) is 2.13. The molecule has 0 aliphatic rings. The molecular formula is C9H21NO. The highest BCUT2D eigenvalue weighted by molar-refractivity contribution is 4.61. The van der Waals surface area contributed by atoms with Crippen LogP contribution in [0.25, 0.3) is 0 Å². The van der Waals surface area contributed by atoms with Crippen molar-refractivity contribution in [1.82, 2.24) is 4.90 Å². The molecule has 1 unspecified atom stereocenters. The van der Waals surface area contributed by atoms with E-state index < -0.39 is 0 Å². The number of rotatable bonds is 6. The van der Waals surface area contributed by atoms with Crippen LogP contribution in [0.3, 0.4) is 0 Å². The number of hydrogen-bond acceptors (Lipinski definition) is 2. The van der Waals surface area contributed by atoms with Crippen LogP contribution in [-0.4, -0.2) is 36.2 Å². The van der Waals surface area contributed by atoms with Crippen molar-refractivity contribution in [3.05, 3.63) is 0 Å². The van der Waals surface area contributed by atoms with Crippen LogP contribution in [0.1, 0.15) is 33.1 Å². The lowest BCUT2D eigenvalue weighted by molar-refractivity contribution is 0.208. The number of hydrogen-bond donors (Lipinski definition) is 1. The predicted molar refractivity (Wildman–Crippen MR) is 48.7 cm³/mol. The van der Waals surface area contributed by atoms with Gasteiger partial charge in [0, 0.05) is 19.2 Å². The largest absolute Gasteiger partial charge is 0.396 e. The zero-order chi connectivity index (χ0) is 8.69. The van der Waals surface area contributed by atoms with Gasteiger partial charge in [-0.25, -0.2) is 0 Å². The van der Waals surface area contributed by atoms with Crippen molar-refractivity contribution < 1.29 is 5.11 Å². The van der Waals surface area contributed by atoms with Gasteiger partial charge in [-0.2, -0.15) is 0 Å². The summed E-state index contributed by atoms with van der Waals surface area (Å²) in [5, 5.41) is 8.60. The Labute approximate surface area is 70.2 Å². The minimum Gasteiger partial charge on any atom is -0.396 e. The summed E-state index contributed by atoms with van der Waals surface area (Å²) in [5.74, 6) is 0. The van der Waals surface area contributed by atoms with Crippen molar-refractivity contribution in [2.75, 3.05) is 20.2 Å². The Morgan fingerprint density at radius 3 is 2.55 bits per heavy atom. The Balaban J connectivity index is 3.38. The molecule has 2 nitrogen and oxygen atoms in total. The third kappa shape index (κ3) is 5.22. The molecule has 0 bridgehead atoms. The van der Waals surface area contributed by atoms with E-state index in [4.69, 9.17) is 5.11 Å². The van der Waals surface area contributed by atoms with Crippen LogP contribution >= 0.6 is 0 Å². The summed E-state index contributed by atoms with van der Waals surface area (Å²) in [4.78, 5) is 2.31. The molecule has 0 fully saturated rings. The molecule has 0 spiro atoms. The van der Waals surface area contributed by atoms with Crippen LogP contribution in [-0.2, 0) is 0 Å². The van der Waals surface area contributed by atoms with E-state index in [-0.39, 0.29) is 0 Å². The summed E-state index contributed by atoms with van der Waals surface area (Å²) < 4.78 is 0. The summed E-state index contributed by atoms with van der Waals surface area (Å²) in [7, 11) is 2.12. The monoisotopic (exact) mass is 159 g/mol. The second kappa shape index (κ2) is 6.62. The lowest BCUT2D eigenvalue weighted by Gasteiger charge is -2.23. The van der Waals surface area contributed by atoms with Gasteiger partial charge in [-0.15, -0.1) is 0 Å². The zero-order valence-electron chi connectivity index (χ0n) is 8.01.